The highest BCUT2D eigenvalue weighted by Gasteiger charge is 2.34. The lowest BCUT2D eigenvalue weighted by Gasteiger charge is -2.24. The van der Waals surface area contributed by atoms with Gasteiger partial charge in [-0.1, -0.05) is 34.1 Å². The first-order valence-corrected chi connectivity index (χ1v) is 7.94. The van der Waals surface area contributed by atoms with Gasteiger partial charge in [0.25, 0.3) is 0 Å². The fourth-order valence-corrected chi connectivity index (χ4v) is 3.64. The summed E-state index contributed by atoms with van der Waals surface area (Å²) in [5, 5.41) is -0.0996. The van der Waals surface area contributed by atoms with Crippen molar-refractivity contribution >= 4 is 39.3 Å². The minimum atomic E-state index is -0.332. The molecule has 2 aromatic carbocycles. The smallest absolute Gasteiger partial charge is 0.238 e. The lowest BCUT2D eigenvalue weighted by Crippen LogP contribution is -2.27. The zero-order chi connectivity index (χ0) is 14.1. The Labute approximate surface area is 129 Å². The van der Waals surface area contributed by atoms with E-state index in [1.165, 1.54) is 12.1 Å². The van der Waals surface area contributed by atoms with Crippen LogP contribution >= 0.6 is 27.7 Å². The third-order valence-corrected chi connectivity index (χ3v) is 4.85. The van der Waals surface area contributed by atoms with Gasteiger partial charge < -0.3 is 0 Å². The Kier molecular flexibility index (Phi) is 3.81. The summed E-state index contributed by atoms with van der Waals surface area (Å²) in [6, 6.07) is 14.0. The summed E-state index contributed by atoms with van der Waals surface area (Å²) in [6.45, 7) is 0. The second-order valence-electron chi connectivity index (χ2n) is 4.46. The van der Waals surface area contributed by atoms with Gasteiger partial charge in [0.15, 0.2) is 0 Å². The predicted molar refractivity (Wildman–Crippen MR) is 83.2 cm³/mol. The number of nitrogens with zero attached hydrogens (tertiary/aromatic N) is 1. The Morgan fingerprint density at radius 3 is 2.65 bits per heavy atom. The summed E-state index contributed by atoms with van der Waals surface area (Å²) in [6.07, 6.45) is 0. The van der Waals surface area contributed by atoms with Gasteiger partial charge in [-0.15, -0.1) is 11.8 Å². The highest BCUT2D eigenvalue weighted by molar-refractivity contribution is 9.10. The van der Waals surface area contributed by atoms with Crippen LogP contribution in [0, 0.1) is 5.82 Å². The van der Waals surface area contributed by atoms with E-state index >= 15 is 0 Å². The van der Waals surface area contributed by atoms with Gasteiger partial charge in [0, 0.05) is 10.2 Å². The first-order chi connectivity index (χ1) is 9.65. The summed E-state index contributed by atoms with van der Waals surface area (Å²) >= 11 is 4.96. The Bertz CT molecular complexity index is 647. The third kappa shape index (κ3) is 2.60. The zero-order valence-electron chi connectivity index (χ0n) is 10.4. The van der Waals surface area contributed by atoms with Gasteiger partial charge >= 0.3 is 0 Å². The molecule has 2 nitrogen and oxygen atoms in total. The maximum absolute atomic E-state index is 13.4. The molecule has 3 rings (SSSR count). The predicted octanol–water partition coefficient (Wildman–Crippen LogP) is 4.37. The highest BCUT2D eigenvalue weighted by atomic mass is 79.9. The van der Waals surface area contributed by atoms with E-state index in [0.717, 1.165) is 10.0 Å². The lowest BCUT2D eigenvalue weighted by molar-refractivity contribution is -0.115. The number of rotatable bonds is 2. The van der Waals surface area contributed by atoms with Gasteiger partial charge in [0.2, 0.25) is 5.91 Å². The van der Waals surface area contributed by atoms with Crippen molar-refractivity contribution in [3.63, 3.8) is 0 Å². The average molecular weight is 352 g/mol. The van der Waals surface area contributed by atoms with Crippen LogP contribution in [0.15, 0.2) is 53.0 Å². The lowest BCUT2D eigenvalue weighted by atomic mass is 10.2. The fourth-order valence-electron chi connectivity index (χ4n) is 2.20. The monoisotopic (exact) mass is 351 g/mol. The van der Waals surface area contributed by atoms with E-state index in [-0.39, 0.29) is 17.1 Å². The molecule has 5 heteroatoms. The number of thioether (sulfide) groups is 1. The van der Waals surface area contributed by atoms with Crippen LogP contribution in [0.2, 0.25) is 0 Å². The molecule has 1 heterocycles. The average Bonchev–Trinajstić information content (AvgIpc) is 2.81. The fraction of sp³-hybridized carbons (Fsp3) is 0.133. The van der Waals surface area contributed by atoms with Gasteiger partial charge in [-0.25, -0.2) is 4.39 Å². The second kappa shape index (κ2) is 5.58. The molecule has 20 heavy (non-hydrogen) atoms. The highest BCUT2D eigenvalue weighted by Crippen LogP contribution is 2.41. The molecule has 0 aromatic heterocycles. The molecule has 0 N–H and O–H groups in total. The van der Waals surface area contributed by atoms with E-state index in [1.54, 1.807) is 28.8 Å². The van der Waals surface area contributed by atoms with Gasteiger partial charge in [-0.05, 0) is 35.9 Å². The molecular formula is C15H11BrFNOS. The van der Waals surface area contributed by atoms with Crippen LogP contribution in [0.4, 0.5) is 10.1 Å². The number of benzene rings is 2. The van der Waals surface area contributed by atoms with Crippen molar-refractivity contribution in [1.82, 2.24) is 0 Å². The third-order valence-electron chi connectivity index (χ3n) is 3.11. The topological polar surface area (TPSA) is 20.3 Å². The zero-order valence-corrected chi connectivity index (χ0v) is 12.8. The molecule has 102 valence electrons. The summed E-state index contributed by atoms with van der Waals surface area (Å²) in [4.78, 5) is 13.8. The standard InChI is InChI=1S/C15H11BrFNOS/c16-11-6-4-10(5-7-11)15-18(14(19)9-20-15)13-3-1-2-12(17)8-13/h1-8,15H,9H2/t15-/m0/s1. The number of amides is 1. The van der Waals surface area contributed by atoms with E-state index in [4.69, 9.17) is 0 Å². The van der Waals surface area contributed by atoms with Crippen LogP contribution < -0.4 is 4.90 Å². The minimum absolute atomic E-state index is 0.00789. The van der Waals surface area contributed by atoms with Crippen molar-refractivity contribution in [2.24, 2.45) is 0 Å². The summed E-state index contributed by atoms with van der Waals surface area (Å²) < 4.78 is 14.4. The molecule has 0 spiro atoms. The molecular weight excluding hydrogens is 341 g/mol. The quantitative estimate of drug-likeness (QED) is 0.800. The molecule has 1 saturated heterocycles. The van der Waals surface area contributed by atoms with E-state index < -0.39 is 0 Å². The Hall–Kier alpha value is -1.33. The SMILES string of the molecule is O=C1CS[C@@H](c2ccc(Br)cc2)N1c1cccc(F)c1. The minimum Gasteiger partial charge on any atom is -0.295 e. The van der Waals surface area contributed by atoms with Gasteiger partial charge in [-0.2, -0.15) is 0 Å². The van der Waals surface area contributed by atoms with Gasteiger partial charge in [0.1, 0.15) is 11.2 Å². The largest absolute Gasteiger partial charge is 0.295 e. The van der Waals surface area contributed by atoms with E-state index in [2.05, 4.69) is 15.9 Å². The van der Waals surface area contributed by atoms with Crippen LogP contribution in [0.25, 0.3) is 0 Å². The van der Waals surface area contributed by atoms with Crippen LogP contribution in [0.5, 0.6) is 0 Å². The maximum Gasteiger partial charge on any atom is 0.238 e. The summed E-state index contributed by atoms with van der Waals surface area (Å²) in [5.74, 6) is 0.0901. The summed E-state index contributed by atoms with van der Waals surface area (Å²) in [5.41, 5.74) is 1.64. The molecule has 1 amide bonds. The van der Waals surface area contributed by atoms with Crippen molar-refractivity contribution in [1.29, 1.82) is 0 Å². The number of carbonyl (C=O) groups excluding carboxylic acids is 1. The normalized spacial score (nSPS) is 18.6. The number of halogens is 2. The van der Waals surface area contributed by atoms with Crippen LogP contribution in [0.1, 0.15) is 10.9 Å². The van der Waals surface area contributed by atoms with Crippen molar-refractivity contribution in [2.45, 2.75) is 5.37 Å². The number of carbonyl (C=O) groups is 1. The summed E-state index contributed by atoms with van der Waals surface area (Å²) in [7, 11) is 0. The van der Waals surface area contributed by atoms with Crippen molar-refractivity contribution in [3.8, 4) is 0 Å². The maximum atomic E-state index is 13.4. The van der Waals surface area contributed by atoms with Crippen LogP contribution in [0.3, 0.4) is 0 Å². The number of hydrogen-bond donors (Lipinski definition) is 0. The molecule has 0 radical (unpaired) electrons. The molecule has 2 aromatic rings. The van der Waals surface area contributed by atoms with E-state index in [9.17, 15) is 9.18 Å². The number of hydrogen-bond acceptors (Lipinski definition) is 2. The van der Waals surface area contributed by atoms with Crippen molar-refractivity contribution in [3.05, 3.63) is 64.4 Å². The Morgan fingerprint density at radius 1 is 1.20 bits per heavy atom. The Morgan fingerprint density at radius 2 is 1.95 bits per heavy atom. The van der Waals surface area contributed by atoms with Crippen molar-refractivity contribution in [2.75, 3.05) is 10.7 Å². The second-order valence-corrected chi connectivity index (χ2v) is 6.44. The first kappa shape index (κ1) is 13.6. The van der Waals surface area contributed by atoms with Gasteiger partial charge in [0.05, 0.1) is 5.75 Å². The van der Waals surface area contributed by atoms with E-state index in [0.29, 0.717) is 11.4 Å². The molecule has 0 unspecified atom stereocenters. The molecule has 1 aliphatic rings. The van der Waals surface area contributed by atoms with Crippen LogP contribution in [-0.4, -0.2) is 11.7 Å². The molecule has 0 aliphatic carbocycles. The molecule has 1 fully saturated rings. The molecule has 1 aliphatic heterocycles. The van der Waals surface area contributed by atoms with Gasteiger partial charge in [-0.3, -0.25) is 9.69 Å². The van der Waals surface area contributed by atoms with E-state index in [1.807, 2.05) is 24.3 Å². The van der Waals surface area contributed by atoms with Crippen LogP contribution in [-0.2, 0) is 4.79 Å². The Balaban J connectivity index is 1.98. The van der Waals surface area contributed by atoms with Crippen molar-refractivity contribution < 1.29 is 9.18 Å². The first-order valence-electron chi connectivity index (χ1n) is 6.10. The molecule has 0 saturated carbocycles. The molecule has 0 bridgehead atoms. The molecule has 1 atom stereocenters. The number of anilines is 1.